The van der Waals surface area contributed by atoms with Crippen molar-refractivity contribution in [3.8, 4) is 0 Å². The van der Waals surface area contributed by atoms with Gasteiger partial charge >= 0.3 is 0 Å². The molecule has 7 nitrogen and oxygen atoms in total. The first-order valence-electron chi connectivity index (χ1n) is 7.22. The third-order valence-corrected chi connectivity index (χ3v) is 4.82. The van der Waals surface area contributed by atoms with E-state index in [-0.39, 0.29) is 35.9 Å². The first-order chi connectivity index (χ1) is 10.5. The van der Waals surface area contributed by atoms with Crippen LogP contribution in [-0.4, -0.2) is 46.7 Å². The summed E-state index contributed by atoms with van der Waals surface area (Å²) in [5, 5.41) is 2.62. The van der Waals surface area contributed by atoms with Crippen molar-refractivity contribution in [1.29, 1.82) is 0 Å². The van der Waals surface area contributed by atoms with Gasteiger partial charge in [-0.1, -0.05) is 0 Å². The van der Waals surface area contributed by atoms with Crippen LogP contribution < -0.4 is 15.8 Å². The van der Waals surface area contributed by atoms with Gasteiger partial charge in [0.25, 0.3) is 5.91 Å². The molecule has 1 aromatic carbocycles. The maximum absolute atomic E-state index is 12.2. The molecule has 0 spiro atoms. The van der Waals surface area contributed by atoms with E-state index in [1.54, 1.807) is 0 Å². The Hall–Kier alpha value is -1.19. The fourth-order valence-electron chi connectivity index (χ4n) is 2.16. The number of carbonyl (C=O) groups excluding carboxylic acids is 1. The minimum absolute atomic E-state index is 0. The Morgan fingerprint density at radius 1 is 1.30 bits per heavy atom. The molecule has 0 bridgehead atoms. The SMILES string of the molecule is Cl.NCCNC(=O)c1ccc(S(=O)(=O)NCC2CCCO2)cc1. The molecule has 1 aromatic rings. The lowest BCUT2D eigenvalue weighted by molar-refractivity contribution is 0.0954. The van der Waals surface area contributed by atoms with Gasteiger partial charge in [-0.15, -0.1) is 12.4 Å². The van der Waals surface area contributed by atoms with Gasteiger partial charge in [-0.2, -0.15) is 0 Å². The largest absolute Gasteiger partial charge is 0.377 e. The quantitative estimate of drug-likeness (QED) is 0.643. The average molecular weight is 364 g/mol. The number of rotatable bonds is 7. The molecule has 1 amide bonds. The molecule has 0 aliphatic carbocycles. The normalized spacial score (nSPS) is 17.5. The van der Waals surface area contributed by atoms with E-state index >= 15 is 0 Å². The Labute approximate surface area is 142 Å². The standard InChI is InChI=1S/C14H21N3O4S.ClH/c15-7-8-16-14(18)11-3-5-13(6-4-11)22(19,20)17-10-12-2-1-9-21-12;/h3-6,12,17H,1-2,7-10,15H2,(H,16,18);1H. The molecule has 23 heavy (non-hydrogen) atoms. The fourth-order valence-corrected chi connectivity index (χ4v) is 3.23. The highest BCUT2D eigenvalue weighted by atomic mass is 35.5. The lowest BCUT2D eigenvalue weighted by atomic mass is 10.2. The van der Waals surface area contributed by atoms with E-state index in [0.717, 1.165) is 12.8 Å². The van der Waals surface area contributed by atoms with Gasteiger partial charge in [-0.3, -0.25) is 4.79 Å². The van der Waals surface area contributed by atoms with Gasteiger partial charge in [0.1, 0.15) is 0 Å². The maximum atomic E-state index is 12.2. The molecule has 2 rings (SSSR count). The number of halogens is 1. The molecule has 9 heteroatoms. The summed E-state index contributed by atoms with van der Waals surface area (Å²) in [6.07, 6.45) is 1.76. The number of sulfonamides is 1. The summed E-state index contributed by atoms with van der Waals surface area (Å²) in [6, 6.07) is 5.78. The fraction of sp³-hybridized carbons (Fsp3) is 0.500. The monoisotopic (exact) mass is 363 g/mol. The average Bonchev–Trinajstić information content (AvgIpc) is 3.04. The summed E-state index contributed by atoms with van der Waals surface area (Å²) in [6.45, 7) is 1.67. The molecule has 0 saturated carbocycles. The zero-order valence-corrected chi connectivity index (χ0v) is 14.3. The molecular weight excluding hydrogens is 342 g/mol. The van der Waals surface area contributed by atoms with Crippen molar-refractivity contribution in [1.82, 2.24) is 10.0 Å². The number of benzene rings is 1. The predicted molar refractivity (Wildman–Crippen MR) is 89.2 cm³/mol. The smallest absolute Gasteiger partial charge is 0.251 e. The number of carbonyl (C=O) groups is 1. The van der Waals surface area contributed by atoms with E-state index in [9.17, 15) is 13.2 Å². The van der Waals surface area contributed by atoms with Gasteiger partial charge in [0.2, 0.25) is 10.0 Å². The second-order valence-electron chi connectivity index (χ2n) is 5.06. The third-order valence-electron chi connectivity index (χ3n) is 3.38. The number of ether oxygens (including phenoxy) is 1. The number of hydrogen-bond acceptors (Lipinski definition) is 5. The van der Waals surface area contributed by atoms with Crippen molar-refractivity contribution in [2.24, 2.45) is 5.73 Å². The van der Waals surface area contributed by atoms with Crippen LogP contribution in [-0.2, 0) is 14.8 Å². The van der Waals surface area contributed by atoms with Crippen molar-refractivity contribution < 1.29 is 17.9 Å². The summed E-state index contributed by atoms with van der Waals surface area (Å²) >= 11 is 0. The number of amides is 1. The second kappa shape index (κ2) is 9.19. The van der Waals surface area contributed by atoms with Gasteiger partial charge in [-0.05, 0) is 37.1 Å². The molecule has 1 fully saturated rings. The van der Waals surface area contributed by atoms with E-state index in [1.807, 2.05) is 0 Å². The Morgan fingerprint density at radius 3 is 2.57 bits per heavy atom. The first kappa shape index (κ1) is 19.9. The van der Waals surface area contributed by atoms with Gasteiger partial charge in [0, 0.05) is 31.8 Å². The molecule has 1 saturated heterocycles. The van der Waals surface area contributed by atoms with Crippen LogP contribution in [0.2, 0.25) is 0 Å². The number of nitrogens with two attached hydrogens (primary N) is 1. The van der Waals surface area contributed by atoms with Crippen LogP contribution in [0.1, 0.15) is 23.2 Å². The van der Waals surface area contributed by atoms with Crippen molar-refractivity contribution in [2.45, 2.75) is 23.8 Å². The lowest BCUT2D eigenvalue weighted by Crippen LogP contribution is -2.32. The minimum atomic E-state index is -3.59. The maximum Gasteiger partial charge on any atom is 0.251 e. The van der Waals surface area contributed by atoms with E-state index in [2.05, 4.69) is 10.0 Å². The molecule has 0 radical (unpaired) electrons. The second-order valence-corrected chi connectivity index (χ2v) is 6.82. The van der Waals surface area contributed by atoms with Crippen molar-refractivity contribution in [2.75, 3.05) is 26.2 Å². The van der Waals surface area contributed by atoms with E-state index in [1.165, 1.54) is 24.3 Å². The summed E-state index contributed by atoms with van der Waals surface area (Å²) in [5.41, 5.74) is 5.70. The van der Waals surface area contributed by atoms with Crippen molar-refractivity contribution in [3.63, 3.8) is 0 Å². The summed E-state index contributed by atoms with van der Waals surface area (Å²) < 4.78 is 32.2. The molecule has 130 valence electrons. The van der Waals surface area contributed by atoms with Crippen LogP contribution in [0.25, 0.3) is 0 Å². The summed E-state index contributed by atoms with van der Waals surface area (Å²) in [4.78, 5) is 11.8. The molecule has 1 atom stereocenters. The van der Waals surface area contributed by atoms with Crippen LogP contribution in [0.3, 0.4) is 0 Å². The van der Waals surface area contributed by atoms with Crippen LogP contribution in [0.15, 0.2) is 29.2 Å². The minimum Gasteiger partial charge on any atom is -0.377 e. The highest BCUT2D eigenvalue weighted by Gasteiger charge is 2.20. The van der Waals surface area contributed by atoms with Gasteiger partial charge in [-0.25, -0.2) is 13.1 Å². The summed E-state index contributed by atoms with van der Waals surface area (Å²) in [7, 11) is -3.59. The highest BCUT2D eigenvalue weighted by Crippen LogP contribution is 2.14. The number of hydrogen-bond donors (Lipinski definition) is 3. The van der Waals surface area contributed by atoms with Crippen LogP contribution >= 0.6 is 12.4 Å². The lowest BCUT2D eigenvalue weighted by Gasteiger charge is -2.11. The first-order valence-corrected chi connectivity index (χ1v) is 8.71. The molecule has 4 N–H and O–H groups in total. The Kier molecular flexibility index (Phi) is 7.93. The molecule has 1 unspecified atom stereocenters. The van der Waals surface area contributed by atoms with E-state index < -0.39 is 10.0 Å². The van der Waals surface area contributed by atoms with Crippen LogP contribution in [0.5, 0.6) is 0 Å². The molecule has 1 heterocycles. The molecule has 0 aromatic heterocycles. The van der Waals surface area contributed by atoms with Gasteiger partial charge < -0.3 is 15.8 Å². The summed E-state index contributed by atoms with van der Waals surface area (Å²) in [5.74, 6) is -0.276. The highest BCUT2D eigenvalue weighted by molar-refractivity contribution is 7.89. The topological polar surface area (TPSA) is 111 Å². The van der Waals surface area contributed by atoms with Gasteiger partial charge in [0.05, 0.1) is 11.0 Å². The number of nitrogens with one attached hydrogen (secondary N) is 2. The molecule has 1 aliphatic rings. The van der Waals surface area contributed by atoms with Gasteiger partial charge in [0.15, 0.2) is 0 Å². The van der Waals surface area contributed by atoms with Crippen molar-refractivity contribution in [3.05, 3.63) is 29.8 Å². The van der Waals surface area contributed by atoms with Crippen LogP contribution in [0, 0.1) is 0 Å². The molecule has 1 aliphatic heterocycles. The van der Waals surface area contributed by atoms with E-state index in [4.69, 9.17) is 10.5 Å². The zero-order valence-electron chi connectivity index (χ0n) is 12.7. The van der Waals surface area contributed by atoms with Crippen molar-refractivity contribution >= 4 is 28.3 Å². The predicted octanol–water partition coefficient (Wildman–Crippen LogP) is 0.254. The molecular formula is C14H22ClN3O4S. The van der Waals surface area contributed by atoms with E-state index in [0.29, 0.717) is 25.3 Å². The Bertz CT molecular complexity index is 601. The van der Waals surface area contributed by atoms with Crippen LogP contribution in [0.4, 0.5) is 0 Å². The Morgan fingerprint density at radius 2 is 2.00 bits per heavy atom. The Balaban J connectivity index is 0.00000264. The third kappa shape index (κ3) is 5.74. The zero-order chi connectivity index (χ0) is 16.0.